The molecule has 0 bridgehead atoms. The second-order valence-electron chi connectivity index (χ2n) is 4.25. The molecule has 0 spiro atoms. The molecular weight excluding hydrogens is 244 g/mol. The topological polar surface area (TPSA) is 81.0 Å². The predicted octanol–water partition coefficient (Wildman–Crippen LogP) is 2.61. The van der Waals surface area contributed by atoms with Crippen molar-refractivity contribution in [1.82, 2.24) is 9.97 Å². The Balaban J connectivity index is 2.10. The highest BCUT2D eigenvalue weighted by Gasteiger charge is 2.06. The Morgan fingerprint density at radius 1 is 1.21 bits per heavy atom. The Kier molecular flexibility index (Phi) is 3.70. The van der Waals surface area contributed by atoms with E-state index in [4.69, 9.17) is 0 Å². The van der Waals surface area contributed by atoms with Crippen molar-refractivity contribution in [3.63, 3.8) is 0 Å². The van der Waals surface area contributed by atoms with Crippen molar-refractivity contribution in [2.24, 2.45) is 0 Å². The van der Waals surface area contributed by atoms with E-state index in [1.54, 1.807) is 6.07 Å². The Morgan fingerprint density at radius 3 is 2.53 bits per heavy atom. The highest BCUT2D eigenvalue weighted by molar-refractivity contribution is 5.36. The van der Waals surface area contributed by atoms with Crippen LogP contribution in [0.2, 0.25) is 0 Å². The van der Waals surface area contributed by atoms with E-state index in [9.17, 15) is 10.1 Å². The van der Waals surface area contributed by atoms with Gasteiger partial charge in [0.2, 0.25) is 5.95 Å². The Bertz CT molecular complexity index is 593. The third-order valence-corrected chi connectivity index (χ3v) is 2.55. The van der Waals surface area contributed by atoms with Gasteiger partial charge in [-0.3, -0.25) is 10.1 Å². The van der Waals surface area contributed by atoms with Crippen LogP contribution >= 0.6 is 0 Å². The smallest absolute Gasteiger partial charge is 0.269 e. The van der Waals surface area contributed by atoms with E-state index >= 15 is 0 Å². The molecule has 0 aliphatic carbocycles. The molecule has 0 unspecified atom stereocenters. The lowest BCUT2D eigenvalue weighted by molar-refractivity contribution is -0.384. The van der Waals surface area contributed by atoms with Crippen LogP contribution in [0, 0.1) is 24.0 Å². The van der Waals surface area contributed by atoms with Gasteiger partial charge in [-0.05, 0) is 25.5 Å². The number of nitro benzene ring substituents is 1. The molecule has 0 aliphatic rings. The van der Waals surface area contributed by atoms with E-state index in [1.807, 2.05) is 26.0 Å². The monoisotopic (exact) mass is 258 g/mol. The quantitative estimate of drug-likeness (QED) is 0.673. The van der Waals surface area contributed by atoms with Crippen LogP contribution in [0.3, 0.4) is 0 Å². The first kappa shape index (κ1) is 12.9. The maximum Gasteiger partial charge on any atom is 0.269 e. The molecular formula is C13H14N4O2. The van der Waals surface area contributed by atoms with Crippen molar-refractivity contribution in [1.29, 1.82) is 0 Å². The Hall–Kier alpha value is -2.50. The lowest BCUT2D eigenvalue weighted by atomic mass is 10.2. The number of aromatic nitrogens is 2. The minimum Gasteiger partial charge on any atom is -0.350 e. The van der Waals surface area contributed by atoms with Crippen molar-refractivity contribution >= 4 is 11.6 Å². The molecule has 0 saturated heterocycles. The van der Waals surface area contributed by atoms with Gasteiger partial charge in [0.1, 0.15) is 0 Å². The molecule has 0 saturated carbocycles. The number of non-ortho nitro benzene ring substituents is 1. The van der Waals surface area contributed by atoms with Gasteiger partial charge in [-0.1, -0.05) is 12.1 Å². The van der Waals surface area contributed by atoms with Gasteiger partial charge in [0.05, 0.1) is 4.92 Å². The van der Waals surface area contributed by atoms with Crippen molar-refractivity contribution < 1.29 is 4.92 Å². The first-order valence-corrected chi connectivity index (χ1v) is 5.84. The van der Waals surface area contributed by atoms with Crippen molar-refractivity contribution in [3.05, 3.63) is 57.4 Å². The van der Waals surface area contributed by atoms with Gasteiger partial charge < -0.3 is 5.32 Å². The van der Waals surface area contributed by atoms with Gasteiger partial charge >= 0.3 is 0 Å². The van der Waals surface area contributed by atoms with E-state index in [0.717, 1.165) is 17.0 Å². The van der Waals surface area contributed by atoms with Gasteiger partial charge in [-0.25, -0.2) is 9.97 Å². The number of hydrogen-bond acceptors (Lipinski definition) is 5. The standard InChI is InChI=1S/C13H14N4O2/c1-9-6-10(2)16-13(15-9)14-8-11-4-3-5-12(7-11)17(18)19/h3-7H,8H2,1-2H3,(H,14,15,16). The van der Waals surface area contributed by atoms with Crippen LogP contribution in [-0.4, -0.2) is 14.9 Å². The van der Waals surface area contributed by atoms with Gasteiger partial charge in [0.25, 0.3) is 5.69 Å². The molecule has 0 fully saturated rings. The first-order chi connectivity index (χ1) is 9.04. The summed E-state index contributed by atoms with van der Waals surface area (Å²) in [6.45, 7) is 4.24. The highest BCUT2D eigenvalue weighted by Crippen LogP contribution is 2.14. The lowest BCUT2D eigenvalue weighted by Crippen LogP contribution is -2.05. The number of nitrogens with zero attached hydrogens (tertiary/aromatic N) is 3. The number of nitrogens with one attached hydrogen (secondary N) is 1. The maximum absolute atomic E-state index is 10.7. The summed E-state index contributed by atoms with van der Waals surface area (Å²) < 4.78 is 0. The fourth-order valence-corrected chi connectivity index (χ4v) is 1.77. The van der Waals surface area contributed by atoms with Gasteiger partial charge in [-0.2, -0.15) is 0 Å². The number of anilines is 1. The van der Waals surface area contributed by atoms with Gasteiger partial charge in [-0.15, -0.1) is 0 Å². The molecule has 2 aromatic rings. The maximum atomic E-state index is 10.7. The molecule has 0 radical (unpaired) electrons. The number of benzene rings is 1. The normalized spacial score (nSPS) is 10.2. The molecule has 0 amide bonds. The molecule has 19 heavy (non-hydrogen) atoms. The molecule has 1 N–H and O–H groups in total. The predicted molar refractivity (Wildman–Crippen MR) is 71.9 cm³/mol. The first-order valence-electron chi connectivity index (χ1n) is 5.84. The fourth-order valence-electron chi connectivity index (χ4n) is 1.77. The van der Waals surface area contributed by atoms with E-state index in [2.05, 4.69) is 15.3 Å². The van der Waals surface area contributed by atoms with Crippen LogP contribution < -0.4 is 5.32 Å². The summed E-state index contributed by atoms with van der Waals surface area (Å²) in [5.74, 6) is 0.531. The molecule has 1 aromatic heterocycles. The molecule has 6 nitrogen and oxygen atoms in total. The second kappa shape index (κ2) is 5.43. The zero-order valence-corrected chi connectivity index (χ0v) is 10.8. The molecule has 0 atom stereocenters. The van der Waals surface area contributed by atoms with Crippen LogP contribution in [0.25, 0.3) is 0 Å². The van der Waals surface area contributed by atoms with Crippen LogP contribution in [0.4, 0.5) is 11.6 Å². The molecule has 6 heteroatoms. The third kappa shape index (κ3) is 3.48. The number of nitro groups is 1. The summed E-state index contributed by atoms with van der Waals surface area (Å²) in [4.78, 5) is 18.8. The molecule has 98 valence electrons. The third-order valence-electron chi connectivity index (χ3n) is 2.55. The molecule has 1 heterocycles. The zero-order valence-electron chi connectivity index (χ0n) is 10.8. The number of rotatable bonds is 4. The fraction of sp³-hybridized carbons (Fsp3) is 0.231. The van der Waals surface area contributed by atoms with E-state index in [0.29, 0.717) is 12.5 Å². The van der Waals surface area contributed by atoms with Crippen LogP contribution in [0.1, 0.15) is 17.0 Å². The largest absolute Gasteiger partial charge is 0.350 e. The molecule has 2 rings (SSSR count). The average molecular weight is 258 g/mol. The van der Waals surface area contributed by atoms with E-state index in [1.165, 1.54) is 12.1 Å². The Labute approximate surface area is 110 Å². The van der Waals surface area contributed by atoms with Crippen molar-refractivity contribution in [2.75, 3.05) is 5.32 Å². The minimum absolute atomic E-state index is 0.0839. The summed E-state index contributed by atoms with van der Waals surface area (Å²) >= 11 is 0. The highest BCUT2D eigenvalue weighted by atomic mass is 16.6. The summed E-state index contributed by atoms with van der Waals surface area (Å²) in [6.07, 6.45) is 0. The van der Waals surface area contributed by atoms with Crippen LogP contribution in [-0.2, 0) is 6.54 Å². The number of hydrogen-bond donors (Lipinski definition) is 1. The van der Waals surface area contributed by atoms with Gasteiger partial charge in [0.15, 0.2) is 0 Å². The number of aryl methyl sites for hydroxylation is 2. The van der Waals surface area contributed by atoms with E-state index in [-0.39, 0.29) is 5.69 Å². The van der Waals surface area contributed by atoms with Crippen molar-refractivity contribution in [3.8, 4) is 0 Å². The zero-order chi connectivity index (χ0) is 13.8. The van der Waals surface area contributed by atoms with Crippen molar-refractivity contribution in [2.45, 2.75) is 20.4 Å². The molecule has 0 aliphatic heterocycles. The van der Waals surface area contributed by atoms with Gasteiger partial charge in [0, 0.05) is 30.1 Å². The Morgan fingerprint density at radius 2 is 1.89 bits per heavy atom. The minimum atomic E-state index is -0.406. The van der Waals surface area contributed by atoms with Crippen LogP contribution in [0.5, 0.6) is 0 Å². The summed E-state index contributed by atoms with van der Waals surface area (Å²) in [7, 11) is 0. The SMILES string of the molecule is Cc1cc(C)nc(NCc2cccc([N+](=O)[O-])c2)n1. The second-order valence-corrected chi connectivity index (χ2v) is 4.25. The van der Waals surface area contributed by atoms with Crippen LogP contribution in [0.15, 0.2) is 30.3 Å². The summed E-state index contributed by atoms with van der Waals surface area (Å²) in [6, 6.07) is 8.38. The van der Waals surface area contributed by atoms with E-state index < -0.39 is 4.92 Å². The lowest BCUT2D eigenvalue weighted by Gasteiger charge is -2.06. The summed E-state index contributed by atoms with van der Waals surface area (Å²) in [5.41, 5.74) is 2.67. The summed E-state index contributed by atoms with van der Waals surface area (Å²) in [5, 5.41) is 13.7. The molecule has 1 aromatic carbocycles. The average Bonchev–Trinajstić information content (AvgIpc) is 2.35.